The molecule has 158 valence electrons. The number of ether oxygens (including phenoxy) is 1. The molecule has 6 heteroatoms. The van der Waals surface area contributed by atoms with Crippen LogP contribution in [0.5, 0.6) is 5.75 Å². The molecule has 1 fully saturated rings. The van der Waals surface area contributed by atoms with E-state index in [0.29, 0.717) is 29.8 Å². The Balaban J connectivity index is 1.60. The predicted molar refractivity (Wildman–Crippen MR) is 113 cm³/mol. The number of aryl methyl sites for hydroxylation is 2. The minimum Gasteiger partial charge on any atom is -0.488 e. The van der Waals surface area contributed by atoms with Crippen molar-refractivity contribution in [2.45, 2.75) is 53.7 Å². The molecule has 1 aliphatic heterocycles. The molecule has 2 aromatic rings. The van der Waals surface area contributed by atoms with E-state index in [2.05, 4.69) is 36.1 Å². The third-order valence-corrected chi connectivity index (χ3v) is 5.54. The van der Waals surface area contributed by atoms with Crippen LogP contribution in [0.2, 0.25) is 0 Å². The van der Waals surface area contributed by atoms with E-state index in [9.17, 15) is 4.79 Å². The van der Waals surface area contributed by atoms with Crippen LogP contribution in [0.4, 0.5) is 0 Å². The first-order valence-electron chi connectivity index (χ1n) is 10.5. The smallest absolute Gasteiger partial charge is 0.255 e. The number of likely N-dealkylation sites (tertiary alicyclic amines) is 1. The molecule has 1 saturated heterocycles. The van der Waals surface area contributed by atoms with Gasteiger partial charge in [0, 0.05) is 25.7 Å². The van der Waals surface area contributed by atoms with E-state index in [0.717, 1.165) is 36.7 Å². The predicted octanol–water partition coefficient (Wildman–Crippen LogP) is 3.97. The van der Waals surface area contributed by atoms with Gasteiger partial charge in [0.05, 0.1) is 16.8 Å². The zero-order valence-electron chi connectivity index (χ0n) is 18.2. The van der Waals surface area contributed by atoms with Crippen molar-refractivity contribution < 1.29 is 14.1 Å². The van der Waals surface area contributed by atoms with Crippen molar-refractivity contribution in [1.29, 1.82) is 0 Å². The number of nitrogens with one attached hydrogen (secondary N) is 1. The Morgan fingerprint density at radius 2 is 1.97 bits per heavy atom. The van der Waals surface area contributed by atoms with E-state index < -0.39 is 0 Å². The molecular formula is C23H33N3O3. The summed E-state index contributed by atoms with van der Waals surface area (Å²) in [6, 6.07) is 7.42. The van der Waals surface area contributed by atoms with Gasteiger partial charge in [-0.1, -0.05) is 31.1 Å². The van der Waals surface area contributed by atoms with Crippen LogP contribution in [0.3, 0.4) is 0 Å². The summed E-state index contributed by atoms with van der Waals surface area (Å²) in [5.41, 5.74) is 2.27. The van der Waals surface area contributed by atoms with Crippen LogP contribution in [0.25, 0.3) is 0 Å². The summed E-state index contributed by atoms with van der Waals surface area (Å²) in [7, 11) is 0. The molecule has 0 aliphatic carbocycles. The van der Waals surface area contributed by atoms with Crippen LogP contribution >= 0.6 is 0 Å². The highest BCUT2D eigenvalue weighted by molar-refractivity contribution is 5.97. The van der Waals surface area contributed by atoms with E-state index in [1.807, 2.05) is 32.0 Å². The molecular weight excluding hydrogens is 366 g/mol. The minimum atomic E-state index is -0.107. The van der Waals surface area contributed by atoms with Crippen LogP contribution in [0, 0.1) is 25.7 Å². The van der Waals surface area contributed by atoms with Crippen molar-refractivity contribution >= 4 is 5.91 Å². The molecule has 3 unspecified atom stereocenters. The zero-order valence-corrected chi connectivity index (χ0v) is 18.2. The molecule has 0 bridgehead atoms. The zero-order chi connectivity index (χ0) is 21.0. The Morgan fingerprint density at radius 1 is 1.28 bits per heavy atom. The summed E-state index contributed by atoms with van der Waals surface area (Å²) < 4.78 is 11.1. The van der Waals surface area contributed by atoms with Gasteiger partial charge in [0.15, 0.2) is 0 Å². The van der Waals surface area contributed by atoms with Gasteiger partial charge in [0.2, 0.25) is 0 Å². The van der Waals surface area contributed by atoms with Crippen LogP contribution in [0.1, 0.15) is 54.6 Å². The number of rotatable bonds is 7. The standard InChI is InChI=1S/C23H33N3O3/c1-15-10-16(2)12-26(11-15)13-17(3)24-23(27)20-8-6-7-9-22(20)28-14-21-18(4)25-29-19(21)5/h6-9,15-17H,10-14H2,1-5H3,(H,24,27). The molecule has 1 N–H and O–H groups in total. The van der Waals surface area contributed by atoms with Crippen molar-refractivity contribution in [1.82, 2.24) is 15.4 Å². The van der Waals surface area contributed by atoms with Crippen molar-refractivity contribution in [3.63, 3.8) is 0 Å². The van der Waals surface area contributed by atoms with Crippen LogP contribution in [-0.2, 0) is 6.61 Å². The number of amides is 1. The summed E-state index contributed by atoms with van der Waals surface area (Å²) in [6.07, 6.45) is 1.28. The van der Waals surface area contributed by atoms with E-state index in [1.165, 1.54) is 6.42 Å². The second-order valence-corrected chi connectivity index (χ2v) is 8.63. The van der Waals surface area contributed by atoms with Gasteiger partial charge in [-0.2, -0.15) is 0 Å². The maximum atomic E-state index is 12.9. The first-order chi connectivity index (χ1) is 13.8. The first kappa shape index (κ1) is 21.4. The first-order valence-corrected chi connectivity index (χ1v) is 10.5. The maximum Gasteiger partial charge on any atom is 0.255 e. The van der Waals surface area contributed by atoms with Gasteiger partial charge in [0.25, 0.3) is 5.91 Å². The Kier molecular flexibility index (Phi) is 6.96. The number of hydrogen-bond acceptors (Lipinski definition) is 5. The summed E-state index contributed by atoms with van der Waals surface area (Å²) in [4.78, 5) is 15.4. The van der Waals surface area contributed by atoms with Crippen molar-refractivity contribution in [3.05, 3.63) is 46.8 Å². The molecule has 1 amide bonds. The quantitative estimate of drug-likeness (QED) is 0.763. The van der Waals surface area contributed by atoms with E-state index in [4.69, 9.17) is 9.26 Å². The molecule has 3 rings (SSSR count). The lowest BCUT2D eigenvalue weighted by Gasteiger charge is -2.36. The topological polar surface area (TPSA) is 67.6 Å². The number of para-hydroxylation sites is 1. The minimum absolute atomic E-state index is 0.0654. The van der Waals surface area contributed by atoms with Gasteiger partial charge < -0.3 is 19.5 Å². The van der Waals surface area contributed by atoms with Crippen LogP contribution < -0.4 is 10.1 Å². The number of hydrogen-bond donors (Lipinski definition) is 1. The number of carbonyl (C=O) groups excluding carboxylic acids is 1. The number of nitrogens with zero attached hydrogens (tertiary/aromatic N) is 2. The van der Waals surface area contributed by atoms with E-state index in [-0.39, 0.29) is 11.9 Å². The Hall–Kier alpha value is -2.34. The number of benzene rings is 1. The van der Waals surface area contributed by atoms with Crippen molar-refractivity contribution in [2.24, 2.45) is 11.8 Å². The molecule has 3 atom stereocenters. The summed E-state index contributed by atoms with van der Waals surface area (Å²) in [6.45, 7) is 13.8. The highest BCUT2D eigenvalue weighted by Crippen LogP contribution is 2.23. The second kappa shape index (κ2) is 9.44. The highest BCUT2D eigenvalue weighted by atomic mass is 16.5. The fourth-order valence-electron chi connectivity index (χ4n) is 4.31. The Bertz CT molecular complexity index is 803. The average molecular weight is 400 g/mol. The fourth-order valence-corrected chi connectivity index (χ4v) is 4.31. The Morgan fingerprint density at radius 3 is 2.62 bits per heavy atom. The molecule has 6 nitrogen and oxygen atoms in total. The van der Waals surface area contributed by atoms with E-state index >= 15 is 0 Å². The number of piperidine rings is 1. The van der Waals surface area contributed by atoms with Crippen LogP contribution in [-0.4, -0.2) is 41.6 Å². The van der Waals surface area contributed by atoms with Gasteiger partial charge in [0.1, 0.15) is 18.1 Å². The molecule has 0 spiro atoms. The average Bonchev–Trinajstić information content (AvgIpc) is 2.97. The summed E-state index contributed by atoms with van der Waals surface area (Å²) in [5, 5.41) is 7.09. The number of aromatic nitrogens is 1. The van der Waals surface area contributed by atoms with Gasteiger partial charge in [-0.15, -0.1) is 0 Å². The summed E-state index contributed by atoms with van der Waals surface area (Å²) >= 11 is 0. The highest BCUT2D eigenvalue weighted by Gasteiger charge is 2.24. The lowest BCUT2D eigenvalue weighted by molar-refractivity contribution is 0.0900. The number of carbonyl (C=O) groups is 1. The third kappa shape index (κ3) is 5.60. The van der Waals surface area contributed by atoms with Gasteiger partial charge in [-0.05, 0) is 51.2 Å². The molecule has 2 heterocycles. The summed E-state index contributed by atoms with van der Waals surface area (Å²) in [5.74, 6) is 2.62. The lowest BCUT2D eigenvalue weighted by Crippen LogP contribution is -2.47. The second-order valence-electron chi connectivity index (χ2n) is 8.63. The maximum absolute atomic E-state index is 12.9. The largest absolute Gasteiger partial charge is 0.488 e. The lowest BCUT2D eigenvalue weighted by atomic mass is 9.92. The molecule has 1 aromatic carbocycles. The molecule has 0 saturated carbocycles. The van der Waals surface area contributed by atoms with Crippen molar-refractivity contribution in [2.75, 3.05) is 19.6 Å². The molecule has 1 aliphatic rings. The van der Waals surface area contributed by atoms with Crippen LogP contribution in [0.15, 0.2) is 28.8 Å². The third-order valence-electron chi connectivity index (χ3n) is 5.54. The normalized spacial score (nSPS) is 21.0. The van der Waals surface area contributed by atoms with Gasteiger partial charge in [-0.3, -0.25) is 4.79 Å². The SMILES string of the molecule is Cc1noc(C)c1COc1ccccc1C(=O)NC(C)CN1CC(C)CC(C)C1. The van der Waals surface area contributed by atoms with Gasteiger partial charge >= 0.3 is 0 Å². The monoisotopic (exact) mass is 399 g/mol. The molecule has 0 radical (unpaired) electrons. The Labute approximate surface area is 173 Å². The van der Waals surface area contributed by atoms with E-state index in [1.54, 1.807) is 6.07 Å². The molecule has 1 aromatic heterocycles. The molecule has 29 heavy (non-hydrogen) atoms. The fraction of sp³-hybridized carbons (Fsp3) is 0.565. The van der Waals surface area contributed by atoms with Gasteiger partial charge in [-0.25, -0.2) is 0 Å². The van der Waals surface area contributed by atoms with Crippen molar-refractivity contribution in [3.8, 4) is 5.75 Å².